The molecule has 0 aromatic heterocycles. The summed E-state index contributed by atoms with van der Waals surface area (Å²) in [6.45, 7) is 3.99. The Morgan fingerprint density at radius 2 is 1.75 bits per heavy atom. The molecule has 3 atom stereocenters. The van der Waals surface area contributed by atoms with Crippen molar-refractivity contribution < 1.29 is 29.1 Å². The molecule has 0 spiro atoms. The zero-order valence-electron chi connectivity index (χ0n) is 20.6. The van der Waals surface area contributed by atoms with Gasteiger partial charge in [-0.2, -0.15) is 0 Å². The molecule has 3 unspecified atom stereocenters. The summed E-state index contributed by atoms with van der Waals surface area (Å²) < 4.78 is 0. The first kappa shape index (κ1) is 30.4. The zero-order chi connectivity index (χ0) is 27.7. The van der Waals surface area contributed by atoms with Crippen molar-refractivity contribution in [2.24, 2.45) is 28.9 Å². The van der Waals surface area contributed by atoms with Crippen molar-refractivity contribution in [2.75, 3.05) is 13.1 Å². The summed E-state index contributed by atoms with van der Waals surface area (Å²) >= 11 is 0. The van der Waals surface area contributed by atoms with E-state index in [0.29, 0.717) is 11.3 Å². The summed E-state index contributed by atoms with van der Waals surface area (Å²) in [5, 5.41) is 19.9. The minimum absolute atomic E-state index is 0.109. The van der Waals surface area contributed by atoms with Crippen molar-refractivity contribution in [1.82, 2.24) is 10.2 Å². The highest BCUT2D eigenvalue weighted by Crippen LogP contribution is 2.30. The van der Waals surface area contributed by atoms with Crippen molar-refractivity contribution in [3.8, 4) is 0 Å². The number of hydrogen-bond donors (Lipinski definition) is 7. The van der Waals surface area contributed by atoms with Crippen LogP contribution in [-0.2, 0) is 14.4 Å². The number of Topliss-reactive ketones (excluding diaryl/α,β-unsaturated/α-hetero) is 2. The van der Waals surface area contributed by atoms with Crippen molar-refractivity contribution in [1.29, 1.82) is 5.41 Å². The highest BCUT2D eigenvalue weighted by Gasteiger charge is 2.41. The van der Waals surface area contributed by atoms with E-state index in [1.165, 1.54) is 25.1 Å². The number of carboxylic acid groups (broad SMARTS) is 1. The molecule has 0 aliphatic rings. The van der Waals surface area contributed by atoms with Gasteiger partial charge in [-0.1, -0.05) is 32.0 Å². The summed E-state index contributed by atoms with van der Waals surface area (Å²) in [5.41, 5.74) is 22.0. The minimum Gasteiger partial charge on any atom is -0.479 e. The number of imide groups is 1. The average molecular weight is 506 g/mol. The summed E-state index contributed by atoms with van der Waals surface area (Å²) in [6.07, 6.45) is 0.455. The Labute approximate surface area is 209 Å². The Bertz CT molecular complexity index is 1030. The van der Waals surface area contributed by atoms with E-state index >= 15 is 0 Å². The lowest BCUT2D eigenvalue weighted by Gasteiger charge is -2.32. The number of amides is 2. The van der Waals surface area contributed by atoms with Crippen LogP contribution in [0.2, 0.25) is 0 Å². The van der Waals surface area contributed by atoms with Crippen LogP contribution in [0.25, 0.3) is 0 Å². The van der Waals surface area contributed by atoms with Crippen LogP contribution in [0.3, 0.4) is 0 Å². The van der Waals surface area contributed by atoms with Crippen LogP contribution in [0.1, 0.15) is 65.9 Å². The molecule has 13 nitrogen and oxygen atoms in total. The highest BCUT2D eigenvalue weighted by molar-refractivity contribution is 6.12. The van der Waals surface area contributed by atoms with E-state index in [-0.39, 0.29) is 35.6 Å². The van der Waals surface area contributed by atoms with Crippen LogP contribution in [-0.4, -0.2) is 70.5 Å². The van der Waals surface area contributed by atoms with E-state index in [1.54, 1.807) is 13.8 Å². The molecule has 2 amide bonds. The Morgan fingerprint density at radius 1 is 1.14 bits per heavy atom. The van der Waals surface area contributed by atoms with Crippen LogP contribution in [0.4, 0.5) is 0 Å². The predicted octanol–water partition coefficient (Wildman–Crippen LogP) is -0.915. The average Bonchev–Trinajstić information content (AvgIpc) is 2.82. The Kier molecular flexibility index (Phi) is 11.3. The molecule has 0 saturated heterocycles. The highest BCUT2D eigenvalue weighted by atomic mass is 16.4. The van der Waals surface area contributed by atoms with Gasteiger partial charge in [-0.05, 0) is 31.2 Å². The van der Waals surface area contributed by atoms with Crippen LogP contribution in [0, 0.1) is 11.3 Å². The van der Waals surface area contributed by atoms with Gasteiger partial charge in [0.25, 0.3) is 0 Å². The summed E-state index contributed by atoms with van der Waals surface area (Å²) in [4.78, 5) is 64.5. The second-order valence-corrected chi connectivity index (χ2v) is 8.60. The fourth-order valence-corrected chi connectivity index (χ4v) is 3.55. The summed E-state index contributed by atoms with van der Waals surface area (Å²) in [7, 11) is 0. The first-order valence-electron chi connectivity index (χ1n) is 11.3. The number of nitrogens with two attached hydrogens (primary N) is 4. The largest absolute Gasteiger partial charge is 0.479 e. The Balaban J connectivity index is 3.68. The van der Waals surface area contributed by atoms with E-state index in [1.807, 2.05) is 0 Å². The molecule has 0 bridgehead atoms. The second-order valence-electron chi connectivity index (χ2n) is 8.60. The Morgan fingerprint density at radius 3 is 2.22 bits per heavy atom. The number of nitrogens with one attached hydrogen (secondary N) is 2. The third-order valence-corrected chi connectivity index (χ3v) is 5.54. The number of hydrogen-bond acceptors (Lipinski definition) is 9. The maximum atomic E-state index is 13.4. The van der Waals surface area contributed by atoms with Crippen molar-refractivity contribution in [3.63, 3.8) is 0 Å². The molecule has 1 aromatic carbocycles. The van der Waals surface area contributed by atoms with Crippen molar-refractivity contribution in [3.05, 3.63) is 34.9 Å². The molecule has 11 N–H and O–H groups in total. The molecule has 13 heteroatoms. The number of carbonyl (C=O) groups excluding carboxylic acids is 4. The van der Waals surface area contributed by atoms with Gasteiger partial charge in [-0.3, -0.25) is 29.5 Å². The molecule has 0 heterocycles. The topological polar surface area (TPSA) is 249 Å². The predicted molar refractivity (Wildman–Crippen MR) is 132 cm³/mol. The lowest BCUT2D eigenvalue weighted by molar-refractivity contribution is -0.159. The van der Waals surface area contributed by atoms with E-state index in [9.17, 15) is 29.1 Å². The third kappa shape index (κ3) is 7.41. The number of carboxylic acids is 1. The summed E-state index contributed by atoms with van der Waals surface area (Å²) in [5.74, 6) is -5.62. The maximum Gasteiger partial charge on any atom is 0.331 e. The summed E-state index contributed by atoms with van der Waals surface area (Å²) in [6, 6.07) is -0.443. The number of aliphatic carboxylic acids is 1. The van der Waals surface area contributed by atoms with Crippen LogP contribution in [0.15, 0.2) is 18.2 Å². The Hall–Kier alpha value is -3.68. The van der Waals surface area contributed by atoms with Crippen molar-refractivity contribution >= 4 is 35.3 Å². The SMILES string of the molecule is CC(=O)c1cccc(C(C(=O)O)N(C(=O)CN)C(=O)C(N)C(C)C)c1C(=O)C(N)CCCNC(=N)N. The fraction of sp³-hybridized carbons (Fsp3) is 0.478. The van der Waals surface area contributed by atoms with Gasteiger partial charge in [-0.15, -0.1) is 0 Å². The van der Waals surface area contributed by atoms with Gasteiger partial charge in [0.05, 0.1) is 18.6 Å². The first-order chi connectivity index (χ1) is 16.8. The van der Waals surface area contributed by atoms with Gasteiger partial charge in [-0.25, -0.2) is 4.79 Å². The van der Waals surface area contributed by atoms with Gasteiger partial charge in [0.15, 0.2) is 23.6 Å². The number of ketones is 2. The standard InChI is InChI=1S/C23H35N7O6/c1-11(2)18(26)21(34)30(16(32)10-24)19(22(35)36)14-7-4-6-13(12(3)31)17(14)20(33)15(25)8-5-9-29-23(27)28/h4,6-7,11,15,18-19H,5,8-10,24-26H2,1-3H3,(H,35,36)(H4,27,28,29). The van der Waals surface area contributed by atoms with E-state index < -0.39 is 59.9 Å². The third-order valence-electron chi connectivity index (χ3n) is 5.54. The van der Waals surface area contributed by atoms with Gasteiger partial charge < -0.3 is 33.4 Å². The van der Waals surface area contributed by atoms with E-state index in [0.717, 1.165) is 0 Å². The lowest BCUT2D eigenvalue weighted by atomic mass is 9.87. The molecule has 198 valence electrons. The molecule has 0 fully saturated rings. The number of guanidine groups is 1. The van der Waals surface area contributed by atoms with Gasteiger partial charge in [0.1, 0.15) is 0 Å². The molecular weight excluding hydrogens is 470 g/mol. The van der Waals surface area contributed by atoms with Crippen molar-refractivity contribution in [2.45, 2.75) is 51.7 Å². The van der Waals surface area contributed by atoms with Gasteiger partial charge in [0, 0.05) is 17.7 Å². The number of carbonyl (C=O) groups is 5. The molecule has 1 rings (SSSR count). The number of nitrogens with zero attached hydrogens (tertiary/aromatic N) is 1. The van der Waals surface area contributed by atoms with Gasteiger partial charge >= 0.3 is 5.97 Å². The zero-order valence-corrected chi connectivity index (χ0v) is 20.6. The minimum atomic E-state index is -1.98. The monoisotopic (exact) mass is 505 g/mol. The fourth-order valence-electron chi connectivity index (χ4n) is 3.55. The molecule has 1 aromatic rings. The van der Waals surface area contributed by atoms with E-state index in [4.69, 9.17) is 28.3 Å². The van der Waals surface area contributed by atoms with E-state index in [2.05, 4.69) is 5.32 Å². The normalized spacial score (nSPS) is 13.4. The molecule has 0 radical (unpaired) electrons. The van der Waals surface area contributed by atoms with Crippen LogP contribution in [0.5, 0.6) is 0 Å². The number of rotatable bonds is 13. The molecule has 36 heavy (non-hydrogen) atoms. The molecule has 0 saturated carbocycles. The molecule has 0 aliphatic carbocycles. The van der Waals surface area contributed by atoms with Crippen LogP contribution >= 0.6 is 0 Å². The molecule has 0 aliphatic heterocycles. The molecular formula is C23H35N7O6. The van der Waals surface area contributed by atoms with Gasteiger partial charge in [0.2, 0.25) is 11.8 Å². The maximum absolute atomic E-state index is 13.4. The second kappa shape index (κ2) is 13.4. The lowest BCUT2D eigenvalue weighted by Crippen LogP contribution is -2.54. The first-order valence-corrected chi connectivity index (χ1v) is 11.3. The van der Waals surface area contributed by atoms with Crippen LogP contribution < -0.4 is 28.3 Å². The number of benzene rings is 1. The smallest absolute Gasteiger partial charge is 0.331 e. The quantitative estimate of drug-likeness (QED) is 0.0747.